The van der Waals surface area contributed by atoms with E-state index in [1.54, 1.807) is 10.9 Å². The zero-order valence-electron chi connectivity index (χ0n) is 9.71. The highest BCUT2D eigenvalue weighted by atomic mass is 16.1. The van der Waals surface area contributed by atoms with Gasteiger partial charge in [0.25, 0.3) is 5.56 Å². The second-order valence-electron chi connectivity index (χ2n) is 4.06. The molecule has 90 valence electrons. The number of aryl methyl sites for hydroxylation is 1. The Kier molecular flexibility index (Phi) is 2.16. The molecule has 0 saturated heterocycles. The van der Waals surface area contributed by atoms with Crippen LogP contribution in [-0.4, -0.2) is 19.5 Å². The minimum atomic E-state index is -0.251. The zero-order chi connectivity index (χ0) is 12.7. The predicted molar refractivity (Wildman–Crippen MR) is 68.6 cm³/mol. The van der Waals surface area contributed by atoms with E-state index in [0.717, 1.165) is 11.3 Å². The molecule has 0 saturated carbocycles. The van der Waals surface area contributed by atoms with Crippen LogP contribution in [0.2, 0.25) is 0 Å². The van der Waals surface area contributed by atoms with Crippen molar-refractivity contribution < 1.29 is 0 Å². The van der Waals surface area contributed by atoms with Gasteiger partial charge in [0, 0.05) is 5.69 Å². The number of nitrogens with two attached hydrogens (primary N) is 1. The molecule has 3 aromatic rings. The molecule has 6 heteroatoms. The lowest BCUT2D eigenvalue weighted by molar-refractivity contribution is 1.05. The van der Waals surface area contributed by atoms with Gasteiger partial charge in [-0.15, -0.1) is 0 Å². The van der Waals surface area contributed by atoms with Crippen molar-refractivity contribution in [3.8, 4) is 5.69 Å². The van der Waals surface area contributed by atoms with E-state index in [-0.39, 0.29) is 5.56 Å². The number of anilines is 1. The van der Waals surface area contributed by atoms with Crippen LogP contribution in [0, 0.1) is 6.92 Å². The summed E-state index contributed by atoms with van der Waals surface area (Å²) >= 11 is 0. The van der Waals surface area contributed by atoms with Gasteiger partial charge >= 0.3 is 0 Å². The maximum absolute atomic E-state index is 11.5. The molecule has 0 unspecified atom stereocenters. The number of nitrogen functional groups attached to an aromatic ring is 1. The molecule has 0 fully saturated rings. The Morgan fingerprint density at radius 2 is 2.17 bits per heavy atom. The molecule has 6 nitrogen and oxygen atoms in total. The Morgan fingerprint density at radius 3 is 2.94 bits per heavy atom. The molecule has 0 aliphatic carbocycles. The molecule has 2 heterocycles. The third kappa shape index (κ3) is 1.46. The van der Waals surface area contributed by atoms with Crippen LogP contribution in [0.25, 0.3) is 16.9 Å². The van der Waals surface area contributed by atoms with Crippen LogP contribution in [-0.2, 0) is 0 Å². The first-order valence-electron chi connectivity index (χ1n) is 5.44. The Labute approximate surface area is 102 Å². The first-order chi connectivity index (χ1) is 8.66. The number of fused-ring (bicyclic) bond motifs is 1. The van der Waals surface area contributed by atoms with Crippen molar-refractivity contribution in [1.29, 1.82) is 0 Å². The van der Waals surface area contributed by atoms with Crippen LogP contribution >= 0.6 is 0 Å². The highest BCUT2D eigenvalue weighted by molar-refractivity contribution is 5.72. The molecule has 3 rings (SSSR count). The van der Waals surface area contributed by atoms with Crippen molar-refractivity contribution in [2.24, 2.45) is 0 Å². The van der Waals surface area contributed by atoms with Crippen LogP contribution in [0.3, 0.4) is 0 Å². The van der Waals surface area contributed by atoms with Crippen molar-refractivity contribution in [1.82, 2.24) is 19.5 Å². The van der Waals surface area contributed by atoms with E-state index in [4.69, 9.17) is 5.73 Å². The quantitative estimate of drug-likeness (QED) is 0.622. The summed E-state index contributed by atoms with van der Waals surface area (Å²) in [6.45, 7) is 1.94. The fourth-order valence-corrected chi connectivity index (χ4v) is 1.81. The SMILES string of the molecule is Cc1ccc(-n2cnc3c(=O)[nH]cnc32)cc1N. The van der Waals surface area contributed by atoms with Crippen LogP contribution in [0.5, 0.6) is 0 Å². The van der Waals surface area contributed by atoms with Gasteiger partial charge in [-0.3, -0.25) is 9.36 Å². The summed E-state index contributed by atoms with van der Waals surface area (Å²) in [5, 5.41) is 0. The van der Waals surface area contributed by atoms with Crippen LogP contribution in [0.1, 0.15) is 5.56 Å². The van der Waals surface area contributed by atoms with Gasteiger partial charge < -0.3 is 10.7 Å². The van der Waals surface area contributed by atoms with Crippen molar-refractivity contribution in [2.45, 2.75) is 6.92 Å². The van der Waals surface area contributed by atoms with E-state index in [1.807, 2.05) is 25.1 Å². The minimum absolute atomic E-state index is 0.251. The number of hydrogen-bond donors (Lipinski definition) is 2. The van der Waals surface area contributed by atoms with Gasteiger partial charge in [0.1, 0.15) is 6.33 Å². The Hall–Kier alpha value is -2.63. The fourth-order valence-electron chi connectivity index (χ4n) is 1.81. The molecular formula is C12H11N5O. The second kappa shape index (κ2) is 3.69. The van der Waals surface area contributed by atoms with Gasteiger partial charge in [-0.05, 0) is 24.6 Å². The van der Waals surface area contributed by atoms with Gasteiger partial charge in [0.2, 0.25) is 0 Å². The molecule has 18 heavy (non-hydrogen) atoms. The number of nitrogens with one attached hydrogen (secondary N) is 1. The lowest BCUT2D eigenvalue weighted by atomic mass is 10.2. The standard InChI is InChI=1S/C12H11N5O/c1-7-2-3-8(4-9(7)13)17-6-16-10-11(17)14-5-15-12(10)18/h2-6H,13H2,1H3,(H,14,15,18). The Morgan fingerprint density at radius 1 is 1.33 bits per heavy atom. The molecule has 1 aromatic carbocycles. The first kappa shape index (κ1) is 10.5. The Balaban J connectivity index is 2.29. The number of H-pyrrole nitrogens is 1. The molecule has 0 aliphatic heterocycles. The number of rotatable bonds is 1. The van der Waals surface area contributed by atoms with Crippen LogP contribution in [0.4, 0.5) is 5.69 Å². The molecular weight excluding hydrogens is 230 g/mol. The maximum Gasteiger partial charge on any atom is 0.278 e. The molecule has 0 atom stereocenters. The van der Waals surface area contributed by atoms with E-state index in [1.165, 1.54) is 6.33 Å². The lowest BCUT2D eigenvalue weighted by Gasteiger charge is -2.06. The number of aromatic amines is 1. The molecule has 0 radical (unpaired) electrons. The normalized spacial score (nSPS) is 10.9. The van der Waals surface area contributed by atoms with Crippen molar-refractivity contribution in [3.05, 3.63) is 46.8 Å². The van der Waals surface area contributed by atoms with E-state index < -0.39 is 0 Å². The predicted octanol–water partition coefficient (Wildman–Crippen LogP) is 0.999. The third-order valence-electron chi connectivity index (χ3n) is 2.88. The fraction of sp³-hybridized carbons (Fsp3) is 0.0833. The van der Waals surface area contributed by atoms with Crippen molar-refractivity contribution >= 4 is 16.9 Å². The van der Waals surface area contributed by atoms with Gasteiger partial charge in [0.05, 0.1) is 12.0 Å². The second-order valence-corrected chi connectivity index (χ2v) is 4.06. The van der Waals surface area contributed by atoms with Gasteiger partial charge in [0.15, 0.2) is 11.2 Å². The molecule has 0 spiro atoms. The summed E-state index contributed by atoms with van der Waals surface area (Å²) in [6.07, 6.45) is 2.93. The van der Waals surface area contributed by atoms with Crippen molar-refractivity contribution in [3.63, 3.8) is 0 Å². The smallest absolute Gasteiger partial charge is 0.278 e. The maximum atomic E-state index is 11.5. The summed E-state index contributed by atoms with van der Waals surface area (Å²) in [5.41, 5.74) is 8.99. The average Bonchev–Trinajstić information content (AvgIpc) is 2.78. The van der Waals surface area contributed by atoms with Gasteiger partial charge in [-0.25, -0.2) is 9.97 Å². The van der Waals surface area contributed by atoms with E-state index >= 15 is 0 Å². The summed E-state index contributed by atoms with van der Waals surface area (Å²) in [7, 11) is 0. The molecule has 2 aromatic heterocycles. The number of benzene rings is 1. The molecule has 0 bridgehead atoms. The first-order valence-corrected chi connectivity index (χ1v) is 5.44. The Bertz CT molecular complexity index is 787. The minimum Gasteiger partial charge on any atom is -0.398 e. The van der Waals surface area contributed by atoms with Crippen LogP contribution < -0.4 is 11.3 Å². The highest BCUT2D eigenvalue weighted by Gasteiger charge is 2.09. The van der Waals surface area contributed by atoms with E-state index in [2.05, 4.69) is 15.0 Å². The van der Waals surface area contributed by atoms with E-state index in [0.29, 0.717) is 16.9 Å². The zero-order valence-corrected chi connectivity index (χ0v) is 9.71. The van der Waals surface area contributed by atoms with Crippen LogP contribution in [0.15, 0.2) is 35.6 Å². The number of aromatic nitrogens is 4. The summed E-state index contributed by atoms with van der Waals surface area (Å²) in [4.78, 5) is 22.2. The number of nitrogens with zero attached hydrogens (tertiary/aromatic N) is 3. The van der Waals surface area contributed by atoms with Gasteiger partial charge in [-0.2, -0.15) is 0 Å². The summed E-state index contributed by atoms with van der Waals surface area (Å²) in [6, 6.07) is 5.67. The van der Waals surface area contributed by atoms with Crippen molar-refractivity contribution in [2.75, 3.05) is 5.73 Å². The molecule has 3 N–H and O–H groups in total. The highest BCUT2D eigenvalue weighted by Crippen LogP contribution is 2.18. The number of hydrogen-bond acceptors (Lipinski definition) is 4. The number of imidazole rings is 1. The van der Waals surface area contributed by atoms with Gasteiger partial charge in [-0.1, -0.05) is 6.07 Å². The summed E-state index contributed by atoms with van der Waals surface area (Å²) < 4.78 is 1.74. The summed E-state index contributed by atoms with van der Waals surface area (Å²) in [5.74, 6) is 0. The largest absolute Gasteiger partial charge is 0.398 e. The van der Waals surface area contributed by atoms with E-state index in [9.17, 15) is 4.79 Å². The molecule has 0 aliphatic rings. The molecule has 0 amide bonds. The third-order valence-corrected chi connectivity index (χ3v) is 2.88. The average molecular weight is 241 g/mol. The monoisotopic (exact) mass is 241 g/mol. The topological polar surface area (TPSA) is 89.6 Å². The lowest BCUT2D eigenvalue weighted by Crippen LogP contribution is -2.07.